The quantitative estimate of drug-likeness (QED) is 0.833. The molecule has 82 valence electrons. The fourth-order valence-corrected chi connectivity index (χ4v) is 1.40. The first kappa shape index (κ1) is 11.8. The third-order valence-electron chi connectivity index (χ3n) is 2.20. The first-order valence-electron chi connectivity index (χ1n) is 4.38. The number of likely N-dealkylation sites (N-methyl/N-ethyl adjacent to an activating group) is 1. The van der Waals surface area contributed by atoms with Crippen LogP contribution in [0.3, 0.4) is 0 Å². The molecule has 0 saturated carbocycles. The molecule has 0 aliphatic heterocycles. The van der Waals surface area contributed by atoms with Crippen LogP contribution in [0.4, 0.5) is 4.79 Å². The third-order valence-corrected chi connectivity index (χ3v) is 2.45. The highest BCUT2D eigenvalue weighted by Crippen LogP contribution is 2.20. The molecule has 5 heteroatoms. The second kappa shape index (κ2) is 5.00. The summed E-state index contributed by atoms with van der Waals surface area (Å²) in [6.45, 7) is -0.259. The minimum atomic E-state index is -1.08. The number of carboxylic acid groups (broad SMARTS) is 1. The molecule has 1 atom stereocenters. The molecule has 0 aliphatic carbocycles. The largest absolute Gasteiger partial charge is 0.465 e. The summed E-state index contributed by atoms with van der Waals surface area (Å²) in [5.74, 6) is 0. The number of aliphatic hydroxyl groups excluding tert-OH is 1. The van der Waals surface area contributed by atoms with E-state index < -0.39 is 12.1 Å². The van der Waals surface area contributed by atoms with Crippen molar-refractivity contribution >= 4 is 17.7 Å². The molecule has 2 N–H and O–H groups in total. The summed E-state index contributed by atoms with van der Waals surface area (Å²) in [7, 11) is 1.41. The van der Waals surface area contributed by atoms with E-state index in [1.807, 2.05) is 0 Å². The molecule has 0 bridgehead atoms. The van der Waals surface area contributed by atoms with E-state index in [0.717, 1.165) is 4.90 Å². The second-order valence-electron chi connectivity index (χ2n) is 3.14. The Kier molecular flexibility index (Phi) is 3.94. The molecule has 1 rings (SSSR count). The Morgan fingerprint density at radius 2 is 2.00 bits per heavy atom. The number of benzene rings is 1. The van der Waals surface area contributed by atoms with Crippen molar-refractivity contribution in [3.8, 4) is 0 Å². The molecule has 0 spiro atoms. The van der Waals surface area contributed by atoms with Gasteiger partial charge in [-0.1, -0.05) is 23.7 Å². The molecule has 4 nitrogen and oxygen atoms in total. The van der Waals surface area contributed by atoms with Crippen LogP contribution >= 0.6 is 11.6 Å². The lowest BCUT2D eigenvalue weighted by Crippen LogP contribution is -2.31. The summed E-state index contributed by atoms with van der Waals surface area (Å²) in [6.07, 6.45) is -1.08. The van der Waals surface area contributed by atoms with Gasteiger partial charge in [-0.3, -0.25) is 0 Å². The molecule has 1 unspecified atom stereocenters. The van der Waals surface area contributed by atoms with E-state index in [1.54, 1.807) is 24.3 Å². The van der Waals surface area contributed by atoms with Crippen molar-refractivity contribution in [3.05, 3.63) is 34.9 Å². The predicted octanol–water partition coefficient (Wildman–Crippen LogP) is 1.98. The van der Waals surface area contributed by atoms with Crippen LogP contribution in [0.5, 0.6) is 0 Å². The summed E-state index contributed by atoms with van der Waals surface area (Å²) in [4.78, 5) is 11.8. The number of hydrogen-bond acceptors (Lipinski definition) is 2. The van der Waals surface area contributed by atoms with Gasteiger partial charge in [0.05, 0.1) is 12.6 Å². The summed E-state index contributed by atoms with van der Waals surface area (Å²) in [5, 5.41) is 18.5. The maximum absolute atomic E-state index is 10.7. The van der Waals surface area contributed by atoms with E-state index in [9.17, 15) is 4.79 Å². The summed E-state index contributed by atoms with van der Waals surface area (Å²) in [6, 6.07) is 6.16. The van der Waals surface area contributed by atoms with Gasteiger partial charge >= 0.3 is 6.09 Å². The Morgan fingerprint density at radius 1 is 1.47 bits per heavy atom. The molecule has 15 heavy (non-hydrogen) atoms. The van der Waals surface area contributed by atoms with Crippen molar-refractivity contribution in [2.75, 3.05) is 13.7 Å². The van der Waals surface area contributed by atoms with Gasteiger partial charge in [-0.05, 0) is 17.7 Å². The van der Waals surface area contributed by atoms with Crippen LogP contribution in [-0.4, -0.2) is 34.9 Å². The zero-order valence-electron chi connectivity index (χ0n) is 8.22. The van der Waals surface area contributed by atoms with Gasteiger partial charge in [0.15, 0.2) is 0 Å². The molecule has 0 saturated heterocycles. The monoisotopic (exact) mass is 229 g/mol. The van der Waals surface area contributed by atoms with Crippen molar-refractivity contribution in [2.45, 2.75) is 6.04 Å². The molecule has 0 fully saturated rings. The minimum Gasteiger partial charge on any atom is -0.465 e. The van der Waals surface area contributed by atoms with E-state index in [-0.39, 0.29) is 6.61 Å². The maximum Gasteiger partial charge on any atom is 0.407 e. The normalized spacial score (nSPS) is 12.2. The molecule has 1 aromatic rings. The van der Waals surface area contributed by atoms with Crippen molar-refractivity contribution in [3.63, 3.8) is 0 Å². The predicted molar refractivity (Wildman–Crippen MR) is 57.1 cm³/mol. The highest BCUT2D eigenvalue weighted by molar-refractivity contribution is 6.30. The number of nitrogens with zero attached hydrogens (tertiary/aromatic N) is 1. The zero-order chi connectivity index (χ0) is 11.4. The number of aliphatic hydroxyl groups is 1. The van der Waals surface area contributed by atoms with Gasteiger partial charge in [0.25, 0.3) is 0 Å². The lowest BCUT2D eigenvalue weighted by molar-refractivity contribution is 0.113. The number of hydrogen-bond donors (Lipinski definition) is 2. The SMILES string of the molecule is CN(C(=O)O)C(CO)c1ccc(Cl)cc1. The number of halogens is 1. The zero-order valence-corrected chi connectivity index (χ0v) is 8.98. The minimum absolute atomic E-state index is 0.259. The Hall–Kier alpha value is -1.26. The topological polar surface area (TPSA) is 60.8 Å². The van der Waals surface area contributed by atoms with Crippen LogP contribution in [-0.2, 0) is 0 Å². The van der Waals surface area contributed by atoms with Gasteiger partial charge in [0, 0.05) is 12.1 Å². The van der Waals surface area contributed by atoms with Crippen LogP contribution in [0.15, 0.2) is 24.3 Å². The smallest absolute Gasteiger partial charge is 0.407 e. The van der Waals surface area contributed by atoms with Crippen LogP contribution < -0.4 is 0 Å². The maximum atomic E-state index is 10.7. The summed E-state index contributed by atoms with van der Waals surface area (Å²) in [5.41, 5.74) is 0.715. The summed E-state index contributed by atoms with van der Waals surface area (Å²) >= 11 is 5.71. The molecular formula is C10H12ClNO3. The van der Waals surface area contributed by atoms with Crippen LogP contribution in [0.1, 0.15) is 11.6 Å². The molecule has 0 heterocycles. The highest BCUT2D eigenvalue weighted by atomic mass is 35.5. The number of amides is 1. The van der Waals surface area contributed by atoms with E-state index in [0.29, 0.717) is 10.6 Å². The Bertz CT molecular complexity index is 339. The lowest BCUT2D eigenvalue weighted by Gasteiger charge is -2.24. The highest BCUT2D eigenvalue weighted by Gasteiger charge is 2.19. The fourth-order valence-electron chi connectivity index (χ4n) is 1.27. The first-order chi connectivity index (χ1) is 7.06. The van der Waals surface area contributed by atoms with Crippen LogP contribution in [0.25, 0.3) is 0 Å². The van der Waals surface area contributed by atoms with Gasteiger partial charge in [0.1, 0.15) is 0 Å². The van der Waals surface area contributed by atoms with E-state index in [1.165, 1.54) is 7.05 Å². The molecule has 0 aromatic heterocycles. The van der Waals surface area contributed by atoms with Gasteiger partial charge < -0.3 is 15.1 Å². The number of rotatable bonds is 3. The lowest BCUT2D eigenvalue weighted by atomic mass is 10.1. The van der Waals surface area contributed by atoms with E-state index in [4.69, 9.17) is 21.8 Å². The molecule has 1 amide bonds. The molecule has 0 aliphatic rings. The Morgan fingerprint density at radius 3 is 2.40 bits per heavy atom. The Balaban J connectivity index is 2.92. The molecule has 0 radical (unpaired) electrons. The average Bonchev–Trinajstić information content (AvgIpc) is 2.21. The van der Waals surface area contributed by atoms with Crippen LogP contribution in [0, 0.1) is 0 Å². The second-order valence-corrected chi connectivity index (χ2v) is 3.58. The van der Waals surface area contributed by atoms with Crippen molar-refractivity contribution < 1.29 is 15.0 Å². The molecular weight excluding hydrogens is 218 g/mol. The standard InChI is InChI=1S/C10H12ClNO3/c1-12(10(14)15)9(6-13)7-2-4-8(11)5-3-7/h2-5,9,13H,6H2,1H3,(H,14,15). The molecule has 1 aromatic carbocycles. The average molecular weight is 230 g/mol. The van der Waals surface area contributed by atoms with Gasteiger partial charge in [-0.25, -0.2) is 4.79 Å². The van der Waals surface area contributed by atoms with Crippen molar-refractivity contribution in [2.24, 2.45) is 0 Å². The van der Waals surface area contributed by atoms with Gasteiger partial charge in [0.2, 0.25) is 0 Å². The van der Waals surface area contributed by atoms with E-state index >= 15 is 0 Å². The Labute approximate surface area is 92.7 Å². The van der Waals surface area contributed by atoms with Gasteiger partial charge in [-0.2, -0.15) is 0 Å². The third kappa shape index (κ3) is 2.84. The van der Waals surface area contributed by atoms with Gasteiger partial charge in [-0.15, -0.1) is 0 Å². The van der Waals surface area contributed by atoms with Crippen molar-refractivity contribution in [1.29, 1.82) is 0 Å². The summed E-state index contributed by atoms with van der Waals surface area (Å²) < 4.78 is 0. The number of carbonyl (C=O) groups is 1. The van der Waals surface area contributed by atoms with E-state index in [2.05, 4.69) is 0 Å². The van der Waals surface area contributed by atoms with Crippen LogP contribution in [0.2, 0.25) is 5.02 Å². The first-order valence-corrected chi connectivity index (χ1v) is 4.76. The van der Waals surface area contributed by atoms with Crippen molar-refractivity contribution in [1.82, 2.24) is 4.90 Å². The fraction of sp³-hybridized carbons (Fsp3) is 0.300.